The molecule has 4 heterocycles. The van der Waals surface area contributed by atoms with Gasteiger partial charge in [0.05, 0.1) is 24.6 Å². The second kappa shape index (κ2) is 8.63. The van der Waals surface area contributed by atoms with Crippen LogP contribution in [0.3, 0.4) is 0 Å². The molecule has 3 aromatic heterocycles. The van der Waals surface area contributed by atoms with Crippen molar-refractivity contribution < 1.29 is 14.3 Å². The van der Waals surface area contributed by atoms with E-state index in [9.17, 15) is 4.79 Å². The molecule has 1 fully saturated rings. The molecule has 0 aliphatic carbocycles. The number of rotatable bonds is 7. The highest BCUT2D eigenvalue weighted by Gasteiger charge is 2.27. The summed E-state index contributed by atoms with van der Waals surface area (Å²) < 4.78 is 13.7. The molecule has 1 N–H and O–H groups in total. The molecule has 1 amide bonds. The van der Waals surface area contributed by atoms with Crippen LogP contribution in [0.15, 0.2) is 43.4 Å². The highest BCUT2D eigenvalue weighted by molar-refractivity contribution is 5.88. The van der Waals surface area contributed by atoms with Gasteiger partial charge in [-0.25, -0.2) is 9.97 Å². The first-order valence-electron chi connectivity index (χ1n) is 10.2. The second-order valence-electron chi connectivity index (χ2n) is 7.62. The summed E-state index contributed by atoms with van der Waals surface area (Å²) in [6.07, 6.45) is 7.11. The summed E-state index contributed by atoms with van der Waals surface area (Å²) in [4.78, 5) is 26.8. The number of hydrogen-bond donors (Lipinski definition) is 1. The molecule has 0 spiro atoms. The van der Waals surface area contributed by atoms with E-state index in [0.29, 0.717) is 36.5 Å². The fourth-order valence-corrected chi connectivity index (χ4v) is 3.72. The molecule has 1 aliphatic heterocycles. The van der Waals surface area contributed by atoms with Crippen molar-refractivity contribution in [2.75, 3.05) is 25.5 Å². The van der Waals surface area contributed by atoms with Gasteiger partial charge in [0, 0.05) is 43.7 Å². The van der Waals surface area contributed by atoms with Gasteiger partial charge in [0.1, 0.15) is 11.9 Å². The van der Waals surface area contributed by atoms with Crippen LogP contribution in [0.5, 0.6) is 11.8 Å². The van der Waals surface area contributed by atoms with Gasteiger partial charge in [0.15, 0.2) is 5.82 Å². The number of aromatic nitrogens is 4. The molecule has 0 radical (unpaired) electrons. The van der Waals surface area contributed by atoms with Gasteiger partial charge in [-0.3, -0.25) is 4.79 Å². The molecule has 162 valence electrons. The summed E-state index contributed by atoms with van der Waals surface area (Å²) in [5, 5.41) is 4.11. The van der Waals surface area contributed by atoms with Crippen LogP contribution in [-0.4, -0.2) is 56.6 Å². The van der Waals surface area contributed by atoms with Gasteiger partial charge in [-0.15, -0.1) is 0 Å². The minimum Gasteiger partial charge on any atom is -0.478 e. The average molecular weight is 422 g/mol. The number of nitrogens with zero attached hydrogens (tertiary/aromatic N) is 5. The Morgan fingerprint density at radius 2 is 2.13 bits per heavy atom. The number of ether oxygens (including phenoxy) is 2. The molecule has 1 unspecified atom stereocenters. The van der Waals surface area contributed by atoms with E-state index in [1.165, 1.54) is 6.08 Å². The van der Waals surface area contributed by atoms with Gasteiger partial charge in [-0.2, -0.15) is 4.98 Å². The normalized spacial score (nSPS) is 16.0. The predicted molar refractivity (Wildman–Crippen MR) is 118 cm³/mol. The maximum absolute atomic E-state index is 11.9. The standard InChI is InChI=1S/C22H26N6O3/c1-5-19(29)27-10-6-15(13-27)31-21-16-7-11-28(14(2)3)17(16)12-18(26-21)25-20-22(30-4)24-9-8-23-20/h5,7-9,11-12,14-15H,1,6,10,13H2,2-4H3,(H,23,25,26). The fourth-order valence-electron chi connectivity index (χ4n) is 3.72. The van der Waals surface area contributed by atoms with Crippen LogP contribution in [0, 0.1) is 0 Å². The first-order valence-corrected chi connectivity index (χ1v) is 10.2. The number of nitrogens with one attached hydrogen (secondary N) is 1. The number of fused-ring (bicyclic) bond motifs is 1. The number of anilines is 2. The quantitative estimate of drug-likeness (QED) is 0.584. The molecule has 31 heavy (non-hydrogen) atoms. The molecule has 1 aliphatic rings. The van der Waals surface area contributed by atoms with Gasteiger partial charge >= 0.3 is 0 Å². The molecule has 0 saturated carbocycles. The van der Waals surface area contributed by atoms with E-state index in [-0.39, 0.29) is 18.1 Å². The van der Waals surface area contributed by atoms with Crippen LogP contribution in [0.1, 0.15) is 26.3 Å². The van der Waals surface area contributed by atoms with Crippen molar-refractivity contribution in [3.8, 4) is 11.8 Å². The highest BCUT2D eigenvalue weighted by atomic mass is 16.5. The van der Waals surface area contributed by atoms with Gasteiger partial charge in [0.25, 0.3) is 5.88 Å². The molecule has 4 rings (SSSR count). The number of pyridine rings is 1. The lowest BCUT2D eigenvalue weighted by atomic mass is 10.2. The van der Waals surface area contributed by atoms with E-state index in [0.717, 1.165) is 17.3 Å². The largest absolute Gasteiger partial charge is 0.478 e. The summed E-state index contributed by atoms with van der Waals surface area (Å²) in [6.45, 7) is 8.95. The number of amides is 1. The molecular weight excluding hydrogens is 396 g/mol. The van der Waals surface area contributed by atoms with Crippen LogP contribution < -0.4 is 14.8 Å². The second-order valence-corrected chi connectivity index (χ2v) is 7.62. The lowest BCUT2D eigenvalue weighted by molar-refractivity contribution is -0.125. The number of carbonyl (C=O) groups excluding carboxylic acids is 1. The summed E-state index contributed by atoms with van der Waals surface area (Å²) in [7, 11) is 1.54. The van der Waals surface area contributed by atoms with E-state index in [1.54, 1.807) is 24.4 Å². The summed E-state index contributed by atoms with van der Waals surface area (Å²) in [6, 6.07) is 4.23. The molecule has 1 saturated heterocycles. The van der Waals surface area contributed by atoms with Crippen LogP contribution in [0.25, 0.3) is 10.9 Å². The Morgan fingerprint density at radius 1 is 1.32 bits per heavy atom. The topological polar surface area (TPSA) is 94.4 Å². The molecule has 3 aromatic rings. The van der Waals surface area contributed by atoms with E-state index >= 15 is 0 Å². The first kappa shape index (κ1) is 20.6. The fraction of sp³-hybridized carbons (Fsp3) is 0.364. The zero-order valence-electron chi connectivity index (χ0n) is 17.9. The highest BCUT2D eigenvalue weighted by Crippen LogP contribution is 2.33. The molecule has 9 heteroatoms. The SMILES string of the molecule is C=CC(=O)N1CCC(Oc2nc(Nc3nccnc3OC)cc3c2ccn3C(C)C)C1. The minimum absolute atomic E-state index is 0.0830. The molecule has 0 bridgehead atoms. The Hall–Kier alpha value is -3.62. The average Bonchev–Trinajstić information content (AvgIpc) is 3.41. The van der Waals surface area contributed by atoms with Gasteiger partial charge in [0.2, 0.25) is 11.8 Å². The number of hydrogen-bond acceptors (Lipinski definition) is 7. The van der Waals surface area contributed by atoms with Crippen molar-refractivity contribution in [1.29, 1.82) is 0 Å². The summed E-state index contributed by atoms with van der Waals surface area (Å²) >= 11 is 0. The van der Waals surface area contributed by atoms with Crippen molar-refractivity contribution >= 4 is 28.4 Å². The van der Waals surface area contributed by atoms with E-state index in [2.05, 4.69) is 40.3 Å². The molecule has 0 aromatic carbocycles. The monoisotopic (exact) mass is 422 g/mol. The number of carbonyl (C=O) groups is 1. The zero-order chi connectivity index (χ0) is 22.0. The van der Waals surface area contributed by atoms with Crippen molar-refractivity contribution in [1.82, 2.24) is 24.4 Å². The predicted octanol–water partition coefficient (Wildman–Crippen LogP) is 3.33. The van der Waals surface area contributed by atoms with Gasteiger partial charge < -0.3 is 24.3 Å². The van der Waals surface area contributed by atoms with Crippen LogP contribution in [0.4, 0.5) is 11.6 Å². The zero-order valence-corrected chi connectivity index (χ0v) is 17.9. The Morgan fingerprint density at radius 3 is 2.87 bits per heavy atom. The number of methoxy groups -OCH3 is 1. The third-order valence-electron chi connectivity index (χ3n) is 5.25. The molecule has 1 atom stereocenters. The van der Waals surface area contributed by atoms with E-state index in [4.69, 9.17) is 14.5 Å². The third-order valence-corrected chi connectivity index (χ3v) is 5.25. The van der Waals surface area contributed by atoms with Crippen molar-refractivity contribution in [2.24, 2.45) is 0 Å². The maximum Gasteiger partial charge on any atom is 0.257 e. The summed E-state index contributed by atoms with van der Waals surface area (Å²) in [5.74, 6) is 1.84. The van der Waals surface area contributed by atoms with Crippen molar-refractivity contribution in [2.45, 2.75) is 32.4 Å². The Balaban J connectivity index is 1.69. The Kier molecular flexibility index (Phi) is 5.75. The van der Waals surface area contributed by atoms with Crippen LogP contribution >= 0.6 is 0 Å². The Labute approximate surface area is 180 Å². The molecular formula is C22H26N6O3. The van der Waals surface area contributed by atoms with Gasteiger partial charge in [-0.05, 0) is 26.0 Å². The lowest BCUT2D eigenvalue weighted by Crippen LogP contribution is -2.29. The van der Waals surface area contributed by atoms with E-state index < -0.39 is 0 Å². The minimum atomic E-state index is -0.136. The third kappa shape index (κ3) is 4.16. The Bertz CT molecular complexity index is 1110. The first-order chi connectivity index (χ1) is 15.0. The summed E-state index contributed by atoms with van der Waals surface area (Å²) in [5.41, 5.74) is 0.988. The van der Waals surface area contributed by atoms with Gasteiger partial charge in [-0.1, -0.05) is 6.58 Å². The van der Waals surface area contributed by atoms with Crippen LogP contribution in [-0.2, 0) is 4.79 Å². The van der Waals surface area contributed by atoms with Crippen LogP contribution in [0.2, 0.25) is 0 Å². The van der Waals surface area contributed by atoms with Crippen molar-refractivity contribution in [3.05, 3.63) is 43.4 Å². The smallest absolute Gasteiger partial charge is 0.257 e. The van der Waals surface area contributed by atoms with E-state index in [1.807, 2.05) is 18.3 Å². The van der Waals surface area contributed by atoms with Crippen molar-refractivity contribution in [3.63, 3.8) is 0 Å². The molecule has 9 nitrogen and oxygen atoms in total. The maximum atomic E-state index is 11.9. The lowest BCUT2D eigenvalue weighted by Gasteiger charge is -2.17. The number of likely N-dealkylation sites (tertiary alicyclic amines) is 1.